The zero-order chi connectivity index (χ0) is 21.7. The lowest BCUT2D eigenvalue weighted by molar-refractivity contribution is 0.0599. The third-order valence-corrected chi connectivity index (χ3v) is 4.36. The fraction of sp³-hybridized carbons (Fsp3) is 0.105. The van der Waals surface area contributed by atoms with Gasteiger partial charge >= 0.3 is 11.9 Å². The molecule has 0 fully saturated rings. The molecule has 0 amide bonds. The molecular formula is C19H17BrN6O4. The highest BCUT2D eigenvalue weighted by atomic mass is 79.9. The minimum absolute atomic E-state index is 0.160. The minimum Gasteiger partial charge on any atom is -0.465 e. The van der Waals surface area contributed by atoms with E-state index in [1.54, 1.807) is 12.3 Å². The summed E-state index contributed by atoms with van der Waals surface area (Å²) < 4.78 is 10.3. The number of hydrogen-bond donors (Lipinski definition) is 3. The molecule has 3 rings (SSSR count). The van der Waals surface area contributed by atoms with Crippen molar-refractivity contribution in [3.05, 3.63) is 58.5 Å². The lowest BCUT2D eigenvalue weighted by Gasteiger charge is -2.13. The number of carbonyl (C=O) groups excluding carboxylic acids is 2. The van der Waals surface area contributed by atoms with Gasteiger partial charge in [-0.25, -0.2) is 24.5 Å². The van der Waals surface area contributed by atoms with Crippen molar-refractivity contribution in [2.45, 2.75) is 0 Å². The van der Waals surface area contributed by atoms with E-state index in [0.717, 1.165) is 4.47 Å². The van der Waals surface area contributed by atoms with E-state index in [-0.39, 0.29) is 22.6 Å². The van der Waals surface area contributed by atoms with E-state index in [1.165, 1.54) is 38.7 Å². The number of carbonyl (C=O) groups is 2. The van der Waals surface area contributed by atoms with Gasteiger partial charge in [0.05, 0.1) is 25.3 Å². The van der Waals surface area contributed by atoms with E-state index in [0.29, 0.717) is 17.3 Å². The highest BCUT2D eigenvalue weighted by Gasteiger charge is 2.16. The number of hydrogen-bond acceptors (Lipinski definition) is 10. The summed E-state index contributed by atoms with van der Waals surface area (Å²) in [6.45, 7) is 0. The number of nitrogens with one attached hydrogen (secondary N) is 2. The molecule has 11 heteroatoms. The first-order chi connectivity index (χ1) is 14.4. The molecule has 1 aromatic carbocycles. The van der Waals surface area contributed by atoms with E-state index >= 15 is 0 Å². The van der Waals surface area contributed by atoms with Crippen LogP contribution >= 0.6 is 15.9 Å². The number of nitrogens with zero attached hydrogens (tertiary/aromatic N) is 3. The molecule has 0 aliphatic heterocycles. The van der Waals surface area contributed by atoms with Gasteiger partial charge < -0.3 is 25.8 Å². The van der Waals surface area contributed by atoms with Crippen LogP contribution in [0, 0.1) is 0 Å². The first-order valence-electron chi connectivity index (χ1n) is 8.49. The van der Waals surface area contributed by atoms with E-state index in [1.807, 2.05) is 6.07 Å². The summed E-state index contributed by atoms with van der Waals surface area (Å²) in [6.07, 6.45) is 2.94. The number of nitrogen functional groups attached to an aromatic ring is 1. The van der Waals surface area contributed by atoms with Gasteiger partial charge in [-0.15, -0.1) is 0 Å². The highest BCUT2D eigenvalue weighted by molar-refractivity contribution is 9.10. The van der Waals surface area contributed by atoms with E-state index in [2.05, 4.69) is 41.5 Å². The summed E-state index contributed by atoms with van der Waals surface area (Å²) in [5.74, 6) is -0.0800. The lowest BCUT2D eigenvalue weighted by atomic mass is 10.1. The Morgan fingerprint density at radius 1 is 0.933 bits per heavy atom. The summed E-state index contributed by atoms with van der Waals surface area (Å²) >= 11 is 3.32. The quantitative estimate of drug-likeness (QED) is 0.457. The molecule has 4 N–H and O–H groups in total. The van der Waals surface area contributed by atoms with Gasteiger partial charge in [-0.2, -0.15) is 0 Å². The zero-order valence-electron chi connectivity index (χ0n) is 16.0. The van der Waals surface area contributed by atoms with E-state index < -0.39 is 11.9 Å². The van der Waals surface area contributed by atoms with Gasteiger partial charge in [0.15, 0.2) is 11.6 Å². The predicted molar refractivity (Wildman–Crippen MR) is 114 cm³/mol. The Morgan fingerprint density at radius 3 is 2.07 bits per heavy atom. The van der Waals surface area contributed by atoms with E-state index in [4.69, 9.17) is 15.2 Å². The number of halogens is 1. The molecule has 0 saturated heterocycles. The van der Waals surface area contributed by atoms with Crippen molar-refractivity contribution in [1.82, 2.24) is 15.0 Å². The van der Waals surface area contributed by atoms with Crippen molar-refractivity contribution < 1.29 is 19.1 Å². The Labute approximate surface area is 180 Å². The zero-order valence-corrected chi connectivity index (χ0v) is 17.6. The first kappa shape index (κ1) is 21.0. The molecule has 154 valence electrons. The molecule has 0 saturated carbocycles. The van der Waals surface area contributed by atoms with Crippen LogP contribution in [0.3, 0.4) is 0 Å². The Bertz CT molecular complexity index is 1060. The second kappa shape index (κ2) is 9.18. The maximum atomic E-state index is 12.0. The molecule has 0 spiro atoms. The molecule has 0 unspecified atom stereocenters. The standard InChI is InChI=1S/C19H17BrN6O4/c1-29-18(27)10-5-11(19(28)30-2)7-13(6-10)25-16-15(21)17(24-9-23-16)26-14-4-3-12(20)8-22-14/h3-9H,21H2,1-2H3,(H2,22,23,24,25,26). The predicted octanol–water partition coefficient (Wildman–Crippen LogP) is 3.28. The number of aromatic nitrogens is 3. The largest absolute Gasteiger partial charge is 0.465 e. The minimum atomic E-state index is -0.608. The Balaban J connectivity index is 1.93. The Kier molecular flexibility index (Phi) is 6.42. The van der Waals surface area contributed by atoms with Gasteiger partial charge in [0.1, 0.15) is 17.8 Å². The Morgan fingerprint density at radius 2 is 1.53 bits per heavy atom. The monoisotopic (exact) mass is 472 g/mol. The summed E-state index contributed by atoms with van der Waals surface area (Å²) in [4.78, 5) is 36.4. The molecular weight excluding hydrogens is 456 g/mol. The average Bonchev–Trinajstić information content (AvgIpc) is 2.76. The topological polar surface area (TPSA) is 141 Å². The molecule has 0 aliphatic carbocycles. The number of rotatable bonds is 6. The lowest BCUT2D eigenvalue weighted by Crippen LogP contribution is -2.09. The van der Waals surface area contributed by atoms with Crippen LogP contribution in [0.5, 0.6) is 0 Å². The van der Waals surface area contributed by atoms with Crippen LogP contribution in [0.4, 0.5) is 28.8 Å². The van der Waals surface area contributed by atoms with Gasteiger partial charge in [-0.05, 0) is 46.3 Å². The second-order valence-corrected chi connectivity index (χ2v) is 6.79. The Hall–Kier alpha value is -3.73. The SMILES string of the molecule is COC(=O)c1cc(Nc2ncnc(Nc3ccc(Br)cn3)c2N)cc(C(=O)OC)c1. The van der Waals surface area contributed by atoms with Crippen LogP contribution in [0.1, 0.15) is 20.7 Å². The number of ether oxygens (including phenoxy) is 2. The first-order valence-corrected chi connectivity index (χ1v) is 9.28. The van der Waals surface area contributed by atoms with Gasteiger partial charge in [0, 0.05) is 16.4 Å². The number of benzene rings is 1. The number of esters is 2. The number of anilines is 5. The fourth-order valence-electron chi connectivity index (χ4n) is 2.47. The van der Waals surface area contributed by atoms with Crippen LogP contribution in [0.2, 0.25) is 0 Å². The van der Waals surface area contributed by atoms with Crippen LogP contribution in [-0.4, -0.2) is 41.1 Å². The summed E-state index contributed by atoms with van der Waals surface area (Å²) in [6, 6.07) is 7.95. The fourth-order valence-corrected chi connectivity index (χ4v) is 2.71. The molecule has 2 aromatic heterocycles. The third kappa shape index (κ3) is 4.81. The highest BCUT2D eigenvalue weighted by Crippen LogP contribution is 2.29. The van der Waals surface area contributed by atoms with Gasteiger partial charge in [-0.3, -0.25) is 0 Å². The van der Waals surface area contributed by atoms with Crippen molar-refractivity contribution in [3.63, 3.8) is 0 Å². The molecule has 0 aliphatic rings. The summed E-state index contributed by atoms with van der Waals surface area (Å²) in [5, 5.41) is 5.99. The molecule has 0 bridgehead atoms. The van der Waals surface area contributed by atoms with Gasteiger partial charge in [0.25, 0.3) is 0 Å². The van der Waals surface area contributed by atoms with Crippen molar-refractivity contribution >= 4 is 56.7 Å². The molecule has 2 heterocycles. The van der Waals surface area contributed by atoms with Crippen LogP contribution in [0.15, 0.2) is 47.3 Å². The van der Waals surface area contributed by atoms with Crippen LogP contribution < -0.4 is 16.4 Å². The maximum Gasteiger partial charge on any atom is 0.337 e. The van der Waals surface area contributed by atoms with Gasteiger partial charge in [-0.1, -0.05) is 0 Å². The van der Waals surface area contributed by atoms with Crippen molar-refractivity contribution in [2.75, 3.05) is 30.6 Å². The number of methoxy groups -OCH3 is 2. The van der Waals surface area contributed by atoms with Crippen LogP contribution in [-0.2, 0) is 9.47 Å². The van der Waals surface area contributed by atoms with Crippen molar-refractivity contribution in [1.29, 1.82) is 0 Å². The normalized spacial score (nSPS) is 10.2. The van der Waals surface area contributed by atoms with Gasteiger partial charge in [0.2, 0.25) is 0 Å². The number of nitrogens with two attached hydrogens (primary N) is 1. The molecule has 30 heavy (non-hydrogen) atoms. The summed E-state index contributed by atoms with van der Waals surface area (Å²) in [5.41, 5.74) is 7.11. The van der Waals surface area contributed by atoms with E-state index in [9.17, 15) is 9.59 Å². The van der Waals surface area contributed by atoms with Crippen molar-refractivity contribution in [3.8, 4) is 0 Å². The molecule has 0 radical (unpaired) electrons. The molecule has 10 nitrogen and oxygen atoms in total. The number of pyridine rings is 1. The molecule has 3 aromatic rings. The average molecular weight is 473 g/mol. The maximum absolute atomic E-state index is 12.0. The second-order valence-electron chi connectivity index (χ2n) is 5.88. The van der Waals surface area contributed by atoms with Crippen LogP contribution in [0.25, 0.3) is 0 Å². The third-order valence-electron chi connectivity index (χ3n) is 3.90. The van der Waals surface area contributed by atoms with Crippen molar-refractivity contribution in [2.24, 2.45) is 0 Å². The molecule has 0 atom stereocenters. The smallest absolute Gasteiger partial charge is 0.337 e. The summed E-state index contributed by atoms with van der Waals surface area (Å²) in [7, 11) is 2.49.